The van der Waals surface area contributed by atoms with E-state index in [9.17, 15) is 5.11 Å². The van der Waals surface area contributed by atoms with Crippen molar-refractivity contribution in [2.24, 2.45) is 5.11 Å². The molecular formula is C26H25Cl3N6O. The third kappa shape index (κ3) is 5.82. The number of aryl methyl sites for hydroxylation is 1. The minimum Gasteiger partial charge on any atom is -0.387 e. The highest BCUT2D eigenvalue weighted by Gasteiger charge is 2.17. The predicted molar refractivity (Wildman–Crippen MR) is 143 cm³/mol. The Hall–Kier alpha value is -3.10. The number of hydrogen-bond donors (Lipinski definition) is 4. The van der Waals surface area contributed by atoms with Gasteiger partial charge in [-0.1, -0.05) is 70.7 Å². The van der Waals surface area contributed by atoms with Gasteiger partial charge in [-0.15, -0.1) is 0 Å². The quantitative estimate of drug-likeness (QED) is 0.179. The Balaban J connectivity index is 1.63. The Kier molecular flexibility index (Phi) is 8.16. The van der Waals surface area contributed by atoms with E-state index in [1.54, 1.807) is 45.7 Å². The summed E-state index contributed by atoms with van der Waals surface area (Å²) < 4.78 is 3.40. The highest BCUT2D eigenvalue weighted by Crippen LogP contribution is 2.27. The van der Waals surface area contributed by atoms with Crippen LogP contribution in [0.4, 0.5) is 0 Å². The third-order valence-electron chi connectivity index (χ3n) is 5.84. The van der Waals surface area contributed by atoms with Crippen LogP contribution in [0.15, 0.2) is 77.7 Å². The number of benzene rings is 3. The fraction of sp³-hybridized carbons (Fsp3) is 0.192. The Bertz CT molecular complexity index is 1510. The van der Waals surface area contributed by atoms with Crippen LogP contribution in [0.1, 0.15) is 22.8 Å². The molecule has 0 radical (unpaired) electrons. The van der Waals surface area contributed by atoms with E-state index < -0.39 is 6.10 Å². The average molecular weight is 544 g/mol. The Morgan fingerprint density at radius 2 is 1.83 bits per heavy atom. The van der Waals surface area contributed by atoms with Crippen molar-refractivity contribution in [3.8, 4) is 0 Å². The van der Waals surface area contributed by atoms with Crippen LogP contribution in [0, 0.1) is 17.9 Å². The lowest BCUT2D eigenvalue weighted by atomic mass is 10.1. The first-order chi connectivity index (χ1) is 17.3. The lowest BCUT2D eigenvalue weighted by Crippen LogP contribution is -2.27. The number of aliphatic hydroxyl groups excluding tert-OH is 1. The number of aliphatic hydroxyl groups is 1. The Morgan fingerprint density at radius 1 is 1.03 bits per heavy atom. The largest absolute Gasteiger partial charge is 0.387 e. The zero-order valence-corrected chi connectivity index (χ0v) is 21.7. The number of allylic oxidation sites excluding steroid dienone is 1. The summed E-state index contributed by atoms with van der Waals surface area (Å²) >= 11 is 18.4. The number of halogens is 3. The summed E-state index contributed by atoms with van der Waals surface area (Å²) in [7, 11) is 0. The van der Waals surface area contributed by atoms with E-state index in [-0.39, 0.29) is 18.7 Å². The number of imidazole rings is 1. The first kappa shape index (κ1) is 26.0. The van der Waals surface area contributed by atoms with Crippen LogP contribution in [0.25, 0.3) is 11.0 Å². The molecule has 0 saturated heterocycles. The summed E-state index contributed by atoms with van der Waals surface area (Å²) in [4.78, 5) is 0. The molecule has 0 aliphatic carbocycles. The molecule has 7 nitrogen and oxygen atoms in total. The normalized spacial score (nSPS) is 12.6. The van der Waals surface area contributed by atoms with Crippen molar-refractivity contribution in [1.29, 1.82) is 10.9 Å². The van der Waals surface area contributed by atoms with Crippen LogP contribution in [-0.4, -0.2) is 14.2 Å². The summed E-state index contributed by atoms with van der Waals surface area (Å²) in [6, 6.07) is 18.4. The SMILES string of the molecule is Cc1cccc(CN/C=C(/Cn2c(=N)n(CC(O)c3ccc(Cl)c(Cl)c3)c3ccc(Cl)cc32)N=N)c1. The van der Waals surface area contributed by atoms with Crippen LogP contribution < -0.4 is 10.9 Å². The van der Waals surface area contributed by atoms with Gasteiger partial charge >= 0.3 is 0 Å². The van der Waals surface area contributed by atoms with Gasteiger partial charge < -0.3 is 19.6 Å². The van der Waals surface area contributed by atoms with Gasteiger partial charge in [0.2, 0.25) is 5.62 Å². The van der Waals surface area contributed by atoms with Gasteiger partial charge in [-0.25, -0.2) is 5.53 Å². The van der Waals surface area contributed by atoms with Gasteiger partial charge in [-0.2, -0.15) is 5.11 Å². The lowest BCUT2D eigenvalue weighted by Gasteiger charge is -2.13. The standard InChI is InChI=1S/C26H25Cl3N6O/c1-16-3-2-4-17(9-16)12-32-13-20(33-31)14-34-24-11-19(27)6-8-23(24)35(26(34)30)15-25(36)18-5-7-21(28)22(29)10-18/h2-11,13,25,30-32,36H,12,14-15H2,1H3/b20-13-,30-26?,33-31?. The van der Waals surface area contributed by atoms with Gasteiger partial charge in [0, 0.05) is 17.8 Å². The number of nitrogens with one attached hydrogen (secondary N) is 3. The number of nitrogens with zero attached hydrogens (tertiary/aromatic N) is 3. The molecule has 1 atom stereocenters. The number of rotatable bonds is 9. The topological polar surface area (TPSA) is 102 Å². The van der Waals surface area contributed by atoms with E-state index in [4.69, 9.17) is 45.7 Å². The smallest absolute Gasteiger partial charge is 0.203 e. The Morgan fingerprint density at radius 3 is 2.56 bits per heavy atom. The maximum atomic E-state index is 10.9. The van der Waals surface area contributed by atoms with Crippen molar-refractivity contribution in [3.63, 3.8) is 0 Å². The molecule has 0 amide bonds. The summed E-state index contributed by atoms with van der Waals surface area (Å²) in [5.41, 5.74) is 12.5. The molecule has 0 saturated carbocycles. The first-order valence-electron chi connectivity index (χ1n) is 11.2. The van der Waals surface area contributed by atoms with Crippen LogP contribution in [-0.2, 0) is 19.6 Å². The molecule has 1 aromatic heterocycles. The van der Waals surface area contributed by atoms with Crippen molar-refractivity contribution >= 4 is 45.8 Å². The van der Waals surface area contributed by atoms with Crippen LogP contribution in [0.2, 0.25) is 15.1 Å². The molecule has 0 aliphatic rings. The van der Waals surface area contributed by atoms with E-state index in [0.29, 0.717) is 38.4 Å². The first-order valence-corrected chi connectivity index (χ1v) is 12.3. The molecule has 1 unspecified atom stereocenters. The van der Waals surface area contributed by atoms with Crippen LogP contribution in [0.5, 0.6) is 0 Å². The second-order valence-electron chi connectivity index (χ2n) is 8.46. The molecule has 0 aliphatic heterocycles. The van der Waals surface area contributed by atoms with Crippen molar-refractivity contribution in [3.05, 3.63) is 110 Å². The van der Waals surface area contributed by atoms with Gasteiger partial charge in [0.25, 0.3) is 0 Å². The maximum absolute atomic E-state index is 10.9. The molecule has 10 heteroatoms. The van der Waals surface area contributed by atoms with Crippen molar-refractivity contribution in [2.45, 2.75) is 32.7 Å². The molecule has 0 fully saturated rings. The molecule has 4 N–H and O–H groups in total. The Labute approximate surface area is 223 Å². The van der Waals surface area contributed by atoms with Crippen molar-refractivity contribution in [1.82, 2.24) is 14.5 Å². The summed E-state index contributed by atoms with van der Waals surface area (Å²) in [6.07, 6.45) is 0.760. The van der Waals surface area contributed by atoms with Gasteiger partial charge in [-0.05, 0) is 48.4 Å². The van der Waals surface area contributed by atoms with Crippen LogP contribution in [0.3, 0.4) is 0 Å². The van der Waals surface area contributed by atoms with E-state index in [2.05, 4.69) is 16.5 Å². The second-order valence-corrected chi connectivity index (χ2v) is 9.71. The molecule has 36 heavy (non-hydrogen) atoms. The van der Waals surface area contributed by atoms with Crippen molar-refractivity contribution < 1.29 is 5.11 Å². The molecule has 0 spiro atoms. The predicted octanol–water partition coefficient (Wildman–Crippen LogP) is 6.59. The van der Waals surface area contributed by atoms with Gasteiger partial charge in [0.15, 0.2) is 0 Å². The maximum Gasteiger partial charge on any atom is 0.203 e. The highest BCUT2D eigenvalue weighted by atomic mass is 35.5. The average Bonchev–Trinajstić information content (AvgIpc) is 3.10. The molecule has 0 bridgehead atoms. The summed E-state index contributed by atoms with van der Waals surface area (Å²) in [6.45, 7) is 2.92. The number of aromatic nitrogens is 2. The minimum absolute atomic E-state index is 0.116. The number of fused-ring (bicyclic) bond motifs is 1. The van der Waals surface area contributed by atoms with Gasteiger partial charge in [0.1, 0.15) is 0 Å². The van der Waals surface area contributed by atoms with E-state index in [1.165, 1.54) is 5.56 Å². The lowest BCUT2D eigenvalue weighted by molar-refractivity contribution is 0.155. The monoisotopic (exact) mass is 542 g/mol. The summed E-state index contributed by atoms with van der Waals surface area (Å²) in [5, 5.41) is 27.9. The van der Waals surface area contributed by atoms with Gasteiger partial charge in [-0.3, -0.25) is 5.41 Å². The van der Waals surface area contributed by atoms with E-state index in [0.717, 1.165) is 11.1 Å². The molecule has 1 heterocycles. The molecule has 186 valence electrons. The molecule has 4 rings (SSSR count). The van der Waals surface area contributed by atoms with Gasteiger partial charge in [0.05, 0.1) is 46.0 Å². The zero-order valence-electron chi connectivity index (χ0n) is 19.5. The highest BCUT2D eigenvalue weighted by molar-refractivity contribution is 6.42. The second kappa shape index (κ2) is 11.3. The zero-order chi connectivity index (χ0) is 25.8. The van der Waals surface area contributed by atoms with E-state index in [1.807, 2.05) is 31.2 Å². The molecule has 3 aromatic carbocycles. The van der Waals surface area contributed by atoms with E-state index >= 15 is 0 Å². The fourth-order valence-electron chi connectivity index (χ4n) is 4.04. The minimum atomic E-state index is -0.921. The molecular weight excluding hydrogens is 519 g/mol. The fourth-order valence-corrected chi connectivity index (χ4v) is 4.51. The molecule has 4 aromatic rings. The van der Waals surface area contributed by atoms with Crippen molar-refractivity contribution in [2.75, 3.05) is 0 Å². The number of hydrogen-bond acceptors (Lipinski definition) is 5. The third-order valence-corrected chi connectivity index (χ3v) is 6.81. The van der Waals surface area contributed by atoms with Crippen LogP contribution >= 0.6 is 34.8 Å². The summed E-state index contributed by atoms with van der Waals surface area (Å²) in [5.74, 6) is 0.